The number of methoxy groups -OCH3 is 1. The van der Waals surface area contributed by atoms with Crippen molar-refractivity contribution in [3.8, 4) is 5.75 Å². The maximum Gasteiger partial charge on any atom is 0.408 e. The average molecular weight is 329 g/mol. The van der Waals surface area contributed by atoms with Crippen LogP contribution >= 0.6 is 0 Å². The molecule has 0 saturated heterocycles. The van der Waals surface area contributed by atoms with E-state index in [-0.39, 0.29) is 18.8 Å². The lowest BCUT2D eigenvalue weighted by Gasteiger charge is -2.14. The van der Waals surface area contributed by atoms with Crippen LogP contribution in [0.15, 0.2) is 24.3 Å². The molecule has 1 rings (SSSR count). The van der Waals surface area contributed by atoms with E-state index in [9.17, 15) is 13.8 Å². The van der Waals surface area contributed by atoms with Crippen LogP contribution in [0, 0.1) is 0 Å². The molecule has 1 aromatic carbocycles. The lowest BCUT2D eigenvalue weighted by molar-refractivity contribution is -0.139. The Hall–Kier alpha value is -2.09. The Morgan fingerprint density at radius 1 is 1.32 bits per heavy atom. The fourth-order valence-electron chi connectivity index (χ4n) is 1.60. The summed E-state index contributed by atoms with van der Waals surface area (Å²) >= 11 is 0. The summed E-state index contributed by atoms with van der Waals surface area (Å²) in [5, 5.41) is 11.2. The molecule has 0 bridgehead atoms. The molecule has 0 unspecified atom stereocenters. The Morgan fingerprint density at radius 2 is 1.95 bits per heavy atom. The second kappa shape index (κ2) is 9.04. The molecule has 0 aliphatic heterocycles. The third-order valence-electron chi connectivity index (χ3n) is 2.81. The van der Waals surface area contributed by atoms with Crippen LogP contribution in [-0.4, -0.2) is 46.5 Å². The third kappa shape index (κ3) is 6.57. The highest BCUT2D eigenvalue weighted by Gasteiger charge is 2.20. The molecule has 1 amide bonds. The van der Waals surface area contributed by atoms with Gasteiger partial charge in [-0.25, -0.2) is 9.59 Å². The molecule has 0 saturated carbocycles. The fourth-order valence-corrected chi connectivity index (χ4v) is 2.16. The SMILES string of the molecule is COc1ccc(COC(=O)N[C@@H](CC[S@](C)=O)C(=O)O)cc1. The van der Waals surface area contributed by atoms with Crippen molar-refractivity contribution >= 4 is 22.9 Å². The first-order valence-corrected chi connectivity index (χ1v) is 8.24. The van der Waals surface area contributed by atoms with E-state index in [1.165, 1.54) is 6.26 Å². The standard InChI is InChI=1S/C14H19NO6S/c1-20-11-5-3-10(4-6-11)9-21-14(18)15-12(13(16)17)7-8-22(2)19/h3-6,12H,7-9H2,1-2H3,(H,15,18)(H,16,17)/t12-,22-/m0/s1. The van der Waals surface area contributed by atoms with Crippen LogP contribution in [0.1, 0.15) is 12.0 Å². The van der Waals surface area contributed by atoms with E-state index in [2.05, 4.69) is 5.32 Å². The number of hydrogen-bond acceptors (Lipinski definition) is 5. The lowest BCUT2D eigenvalue weighted by Crippen LogP contribution is -2.41. The molecular formula is C14H19NO6S. The topological polar surface area (TPSA) is 102 Å². The Labute approximate surface area is 131 Å². The highest BCUT2D eigenvalue weighted by Crippen LogP contribution is 2.12. The summed E-state index contributed by atoms with van der Waals surface area (Å²) in [6.07, 6.45) is 0.724. The van der Waals surface area contributed by atoms with Gasteiger partial charge in [0, 0.05) is 22.8 Å². The van der Waals surface area contributed by atoms with Gasteiger partial charge in [-0.15, -0.1) is 0 Å². The first-order valence-electron chi connectivity index (χ1n) is 6.51. The van der Waals surface area contributed by atoms with Gasteiger partial charge in [0.1, 0.15) is 18.4 Å². The second-order valence-corrected chi connectivity index (χ2v) is 6.08. The van der Waals surface area contributed by atoms with E-state index in [0.29, 0.717) is 5.75 Å². The van der Waals surface area contributed by atoms with Crippen molar-refractivity contribution in [2.24, 2.45) is 0 Å². The zero-order valence-electron chi connectivity index (χ0n) is 12.4. The maximum absolute atomic E-state index is 11.6. The maximum atomic E-state index is 11.6. The van der Waals surface area contributed by atoms with Gasteiger partial charge >= 0.3 is 12.1 Å². The number of benzene rings is 1. The zero-order chi connectivity index (χ0) is 16.5. The van der Waals surface area contributed by atoms with Crippen LogP contribution < -0.4 is 10.1 Å². The Morgan fingerprint density at radius 3 is 2.45 bits per heavy atom. The number of rotatable bonds is 8. The van der Waals surface area contributed by atoms with Crippen molar-refractivity contribution in [2.75, 3.05) is 19.1 Å². The van der Waals surface area contributed by atoms with Gasteiger partial charge in [-0.3, -0.25) is 4.21 Å². The van der Waals surface area contributed by atoms with Crippen molar-refractivity contribution in [3.63, 3.8) is 0 Å². The quantitative estimate of drug-likeness (QED) is 0.741. The largest absolute Gasteiger partial charge is 0.497 e. The minimum absolute atomic E-state index is 0.0157. The van der Waals surface area contributed by atoms with E-state index in [4.69, 9.17) is 14.6 Å². The number of ether oxygens (including phenoxy) is 2. The number of alkyl carbamates (subject to hydrolysis) is 1. The molecule has 2 N–H and O–H groups in total. The minimum Gasteiger partial charge on any atom is -0.497 e. The molecule has 2 atom stereocenters. The molecule has 0 aliphatic carbocycles. The molecule has 0 heterocycles. The van der Waals surface area contributed by atoms with Crippen LogP contribution in [0.4, 0.5) is 4.79 Å². The molecule has 122 valence electrons. The Kier molecular flexibility index (Phi) is 7.38. The summed E-state index contributed by atoms with van der Waals surface area (Å²) in [6.45, 7) is 0.0157. The van der Waals surface area contributed by atoms with Gasteiger partial charge in [-0.05, 0) is 24.1 Å². The van der Waals surface area contributed by atoms with Crippen LogP contribution in [0.5, 0.6) is 5.75 Å². The first-order chi connectivity index (χ1) is 10.4. The van der Waals surface area contributed by atoms with Crippen LogP contribution in [0.2, 0.25) is 0 Å². The van der Waals surface area contributed by atoms with Crippen molar-refractivity contribution in [3.05, 3.63) is 29.8 Å². The van der Waals surface area contributed by atoms with Crippen LogP contribution in [-0.2, 0) is 26.9 Å². The van der Waals surface area contributed by atoms with Crippen molar-refractivity contribution in [2.45, 2.75) is 19.1 Å². The highest BCUT2D eigenvalue weighted by molar-refractivity contribution is 7.84. The van der Waals surface area contributed by atoms with Crippen molar-refractivity contribution in [1.82, 2.24) is 5.32 Å². The van der Waals surface area contributed by atoms with Crippen LogP contribution in [0.3, 0.4) is 0 Å². The van der Waals surface area contributed by atoms with Gasteiger partial charge < -0.3 is 19.9 Å². The molecule has 8 heteroatoms. The van der Waals surface area contributed by atoms with Crippen molar-refractivity contribution < 1.29 is 28.4 Å². The lowest BCUT2D eigenvalue weighted by atomic mass is 10.2. The minimum atomic E-state index is -1.19. The summed E-state index contributed by atoms with van der Waals surface area (Å²) in [5.41, 5.74) is 0.748. The Balaban J connectivity index is 2.45. The number of aliphatic carboxylic acids is 1. The summed E-state index contributed by atoms with van der Waals surface area (Å²) < 4.78 is 21.0. The number of carbonyl (C=O) groups excluding carboxylic acids is 1. The molecule has 7 nitrogen and oxygen atoms in total. The molecule has 0 spiro atoms. The molecule has 22 heavy (non-hydrogen) atoms. The number of carboxylic acids is 1. The van der Waals surface area contributed by atoms with E-state index in [1.807, 2.05) is 0 Å². The zero-order valence-corrected chi connectivity index (χ0v) is 13.2. The van der Waals surface area contributed by atoms with Crippen LogP contribution in [0.25, 0.3) is 0 Å². The predicted molar refractivity (Wildman–Crippen MR) is 81.3 cm³/mol. The van der Waals surface area contributed by atoms with Gasteiger partial charge in [0.2, 0.25) is 0 Å². The molecule has 0 aliphatic rings. The Bertz CT molecular complexity index is 531. The van der Waals surface area contributed by atoms with Gasteiger partial charge in [0.15, 0.2) is 0 Å². The summed E-state index contributed by atoms with van der Waals surface area (Å²) in [7, 11) is 0.428. The van der Waals surface area contributed by atoms with Gasteiger partial charge in [0.25, 0.3) is 0 Å². The summed E-state index contributed by atoms with van der Waals surface area (Å²) in [5.74, 6) is -0.311. The molecule has 0 radical (unpaired) electrons. The number of nitrogens with one attached hydrogen (secondary N) is 1. The number of hydrogen-bond donors (Lipinski definition) is 2. The molecular weight excluding hydrogens is 310 g/mol. The molecule has 0 aromatic heterocycles. The number of carboxylic acid groups (broad SMARTS) is 1. The molecule has 0 fully saturated rings. The van der Waals surface area contributed by atoms with Gasteiger partial charge in [0.05, 0.1) is 7.11 Å². The van der Waals surface area contributed by atoms with Gasteiger partial charge in [-0.1, -0.05) is 12.1 Å². The van der Waals surface area contributed by atoms with E-state index >= 15 is 0 Å². The molecule has 1 aromatic rings. The van der Waals surface area contributed by atoms with E-state index in [1.54, 1.807) is 31.4 Å². The summed E-state index contributed by atoms with van der Waals surface area (Å²) in [4.78, 5) is 22.6. The smallest absolute Gasteiger partial charge is 0.408 e. The van der Waals surface area contributed by atoms with Gasteiger partial charge in [-0.2, -0.15) is 0 Å². The fraction of sp³-hybridized carbons (Fsp3) is 0.429. The summed E-state index contributed by atoms with van der Waals surface area (Å²) in [6, 6.07) is 5.81. The monoisotopic (exact) mass is 329 g/mol. The van der Waals surface area contributed by atoms with E-state index in [0.717, 1.165) is 5.56 Å². The highest BCUT2D eigenvalue weighted by atomic mass is 32.2. The average Bonchev–Trinajstić information content (AvgIpc) is 2.49. The predicted octanol–water partition coefficient (Wildman–Crippen LogP) is 1.14. The third-order valence-corrected chi connectivity index (χ3v) is 3.62. The van der Waals surface area contributed by atoms with Crippen molar-refractivity contribution in [1.29, 1.82) is 0 Å². The first kappa shape index (κ1) is 18.0. The second-order valence-electron chi connectivity index (χ2n) is 4.53. The number of carbonyl (C=O) groups is 2. The number of amides is 1. The normalized spacial score (nSPS) is 13.0. The van der Waals surface area contributed by atoms with E-state index < -0.39 is 28.9 Å².